The summed E-state index contributed by atoms with van der Waals surface area (Å²) in [5.41, 5.74) is 3.79. The molecule has 0 bridgehead atoms. The van der Waals surface area contributed by atoms with E-state index in [1.807, 2.05) is 24.8 Å². The molecule has 1 fully saturated rings. The summed E-state index contributed by atoms with van der Waals surface area (Å²) in [7, 11) is 1.56. The Bertz CT molecular complexity index is 1210. The number of anilines is 1. The Hall–Kier alpha value is -3.69. The molecule has 0 atom stereocenters. The number of hydrogen-bond donors (Lipinski definition) is 2. The van der Waals surface area contributed by atoms with E-state index in [0.717, 1.165) is 11.4 Å². The molecule has 31 heavy (non-hydrogen) atoms. The molecule has 0 aromatic carbocycles. The number of carbonyl (C=O) groups is 2. The zero-order valence-electron chi connectivity index (χ0n) is 17.8. The SMILES string of the molecule is CCc1cn2nc(CN3CCN(c4ccc(C(=O)NC)nc4C)CC3=O)cc2[nH]c1=O. The first-order valence-electron chi connectivity index (χ1n) is 10.2. The van der Waals surface area contributed by atoms with Gasteiger partial charge in [-0.15, -0.1) is 0 Å². The van der Waals surface area contributed by atoms with E-state index in [1.165, 1.54) is 0 Å². The number of hydrogen-bond acceptors (Lipinski definition) is 6. The number of fused-ring (bicyclic) bond motifs is 1. The maximum Gasteiger partial charge on any atom is 0.269 e. The first-order chi connectivity index (χ1) is 14.9. The zero-order valence-corrected chi connectivity index (χ0v) is 17.8. The molecule has 10 heteroatoms. The Morgan fingerprint density at radius 3 is 2.74 bits per heavy atom. The maximum absolute atomic E-state index is 12.8. The number of nitrogens with one attached hydrogen (secondary N) is 2. The van der Waals surface area contributed by atoms with Crippen LogP contribution >= 0.6 is 0 Å². The largest absolute Gasteiger partial charge is 0.359 e. The fourth-order valence-corrected chi connectivity index (χ4v) is 3.79. The normalized spacial score (nSPS) is 14.4. The Kier molecular flexibility index (Phi) is 5.45. The number of piperazine rings is 1. The third-order valence-electron chi connectivity index (χ3n) is 5.51. The highest BCUT2D eigenvalue weighted by molar-refractivity contribution is 5.92. The molecular weight excluding hydrogens is 398 g/mol. The number of aromatic amines is 1. The Morgan fingerprint density at radius 1 is 1.26 bits per heavy atom. The van der Waals surface area contributed by atoms with Gasteiger partial charge in [-0.25, -0.2) is 9.50 Å². The lowest BCUT2D eigenvalue weighted by Crippen LogP contribution is -2.50. The molecule has 3 aromatic rings. The van der Waals surface area contributed by atoms with Crippen LogP contribution in [0.1, 0.15) is 34.4 Å². The fourth-order valence-electron chi connectivity index (χ4n) is 3.79. The smallest absolute Gasteiger partial charge is 0.269 e. The molecule has 0 spiro atoms. The number of carbonyl (C=O) groups excluding carboxylic acids is 2. The molecule has 2 amide bonds. The molecule has 3 aromatic heterocycles. The van der Waals surface area contributed by atoms with Crippen molar-refractivity contribution >= 4 is 23.1 Å². The Morgan fingerprint density at radius 2 is 2.06 bits per heavy atom. The summed E-state index contributed by atoms with van der Waals surface area (Å²) in [6.45, 7) is 5.55. The lowest BCUT2D eigenvalue weighted by molar-refractivity contribution is -0.131. The monoisotopic (exact) mass is 423 g/mol. The van der Waals surface area contributed by atoms with Crippen molar-refractivity contribution in [2.45, 2.75) is 26.8 Å². The van der Waals surface area contributed by atoms with Crippen LogP contribution in [-0.2, 0) is 17.8 Å². The molecule has 1 aliphatic rings. The number of aromatic nitrogens is 4. The second kappa shape index (κ2) is 8.21. The van der Waals surface area contributed by atoms with Gasteiger partial charge in [0.25, 0.3) is 11.5 Å². The molecule has 1 saturated heterocycles. The molecule has 0 aliphatic carbocycles. The number of amides is 2. The highest BCUT2D eigenvalue weighted by Crippen LogP contribution is 2.21. The summed E-state index contributed by atoms with van der Waals surface area (Å²) in [6.07, 6.45) is 2.36. The second-order valence-electron chi connectivity index (χ2n) is 7.54. The van der Waals surface area contributed by atoms with E-state index in [0.29, 0.717) is 48.7 Å². The van der Waals surface area contributed by atoms with E-state index >= 15 is 0 Å². The predicted molar refractivity (Wildman–Crippen MR) is 115 cm³/mol. The number of H-pyrrole nitrogens is 1. The molecular formula is C21H25N7O3. The van der Waals surface area contributed by atoms with Crippen molar-refractivity contribution in [1.82, 2.24) is 29.8 Å². The van der Waals surface area contributed by atoms with Gasteiger partial charge in [0.2, 0.25) is 5.91 Å². The Labute approximate surface area is 178 Å². The standard InChI is InChI=1S/C21H25N7O3/c1-4-14-10-28-18(24-20(14)30)9-15(25-28)11-27-8-7-26(12-19(27)29)17-6-5-16(21(31)22-3)23-13(17)2/h5-6,9-10H,4,7-8,11-12H2,1-3H3,(H,22,31)(H,24,30). The summed E-state index contributed by atoms with van der Waals surface area (Å²) >= 11 is 0. The summed E-state index contributed by atoms with van der Waals surface area (Å²) in [4.78, 5) is 47.5. The lowest BCUT2D eigenvalue weighted by atomic mass is 10.2. The first-order valence-corrected chi connectivity index (χ1v) is 10.2. The van der Waals surface area contributed by atoms with Crippen LogP contribution in [0.15, 0.2) is 29.2 Å². The van der Waals surface area contributed by atoms with Crippen LogP contribution in [0.2, 0.25) is 0 Å². The number of aryl methyl sites for hydroxylation is 2. The van der Waals surface area contributed by atoms with Crippen molar-refractivity contribution in [3.8, 4) is 0 Å². The van der Waals surface area contributed by atoms with Crippen molar-refractivity contribution in [1.29, 1.82) is 0 Å². The molecule has 10 nitrogen and oxygen atoms in total. The van der Waals surface area contributed by atoms with Gasteiger partial charge in [0, 0.05) is 38.0 Å². The molecule has 0 unspecified atom stereocenters. The quantitative estimate of drug-likeness (QED) is 0.617. The van der Waals surface area contributed by atoms with Crippen LogP contribution in [0.4, 0.5) is 5.69 Å². The van der Waals surface area contributed by atoms with Crippen LogP contribution in [0.5, 0.6) is 0 Å². The molecule has 2 N–H and O–H groups in total. The number of pyridine rings is 1. The third-order valence-corrected chi connectivity index (χ3v) is 5.51. The van der Waals surface area contributed by atoms with Gasteiger partial charge in [-0.2, -0.15) is 5.10 Å². The van der Waals surface area contributed by atoms with Crippen LogP contribution in [0.25, 0.3) is 5.65 Å². The van der Waals surface area contributed by atoms with Gasteiger partial charge < -0.3 is 20.1 Å². The van der Waals surface area contributed by atoms with Crippen molar-refractivity contribution in [3.63, 3.8) is 0 Å². The van der Waals surface area contributed by atoms with Gasteiger partial charge in [-0.05, 0) is 25.5 Å². The third kappa shape index (κ3) is 4.00. The lowest BCUT2D eigenvalue weighted by Gasteiger charge is -2.35. The summed E-state index contributed by atoms with van der Waals surface area (Å²) in [5, 5.41) is 7.07. The highest BCUT2D eigenvalue weighted by Gasteiger charge is 2.26. The number of nitrogens with zero attached hydrogens (tertiary/aromatic N) is 5. The second-order valence-corrected chi connectivity index (χ2v) is 7.54. The highest BCUT2D eigenvalue weighted by atomic mass is 16.2. The van der Waals surface area contributed by atoms with Crippen molar-refractivity contribution < 1.29 is 9.59 Å². The van der Waals surface area contributed by atoms with Crippen LogP contribution in [0.3, 0.4) is 0 Å². The van der Waals surface area contributed by atoms with Crippen molar-refractivity contribution in [2.24, 2.45) is 0 Å². The van der Waals surface area contributed by atoms with Crippen LogP contribution in [-0.4, -0.2) is 63.0 Å². The van der Waals surface area contributed by atoms with Gasteiger partial charge in [0.15, 0.2) is 0 Å². The fraction of sp³-hybridized carbons (Fsp3) is 0.381. The van der Waals surface area contributed by atoms with E-state index in [2.05, 4.69) is 20.4 Å². The van der Waals surface area contributed by atoms with Gasteiger partial charge in [0.1, 0.15) is 11.3 Å². The molecule has 4 heterocycles. The summed E-state index contributed by atoms with van der Waals surface area (Å²) in [5.74, 6) is -0.253. The van der Waals surface area contributed by atoms with Crippen molar-refractivity contribution in [2.75, 3.05) is 31.6 Å². The number of rotatable bonds is 5. The molecule has 0 radical (unpaired) electrons. The van der Waals surface area contributed by atoms with Crippen LogP contribution in [0, 0.1) is 6.92 Å². The van der Waals surface area contributed by atoms with Gasteiger partial charge >= 0.3 is 0 Å². The first kappa shape index (κ1) is 20.6. The minimum absolute atomic E-state index is 0.0131. The topological polar surface area (TPSA) is 116 Å². The van der Waals surface area contributed by atoms with Crippen molar-refractivity contribution in [3.05, 3.63) is 57.4 Å². The molecule has 162 valence electrons. The van der Waals surface area contributed by atoms with E-state index in [4.69, 9.17) is 0 Å². The average molecular weight is 423 g/mol. The molecule has 0 saturated carbocycles. The van der Waals surface area contributed by atoms with E-state index in [-0.39, 0.29) is 23.9 Å². The van der Waals surface area contributed by atoms with E-state index in [9.17, 15) is 14.4 Å². The summed E-state index contributed by atoms with van der Waals surface area (Å²) in [6, 6.07) is 5.30. The average Bonchev–Trinajstić information content (AvgIpc) is 3.14. The minimum atomic E-state index is -0.240. The van der Waals surface area contributed by atoms with Gasteiger partial charge in [-0.1, -0.05) is 6.92 Å². The van der Waals surface area contributed by atoms with Gasteiger partial charge in [0.05, 0.1) is 30.2 Å². The zero-order chi connectivity index (χ0) is 22.1. The van der Waals surface area contributed by atoms with E-state index in [1.54, 1.807) is 34.8 Å². The van der Waals surface area contributed by atoms with Crippen LogP contribution < -0.4 is 15.8 Å². The minimum Gasteiger partial charge on any atom is -0.359 e. The Balaban J connectivity index is 1.46. The maximum atomic E-state index is 12.8. The summed E-state index contributed by atoms with van der Waals surface area (Å²) < 4.78 is 1.65. The molecule has 1 aliphatic heterocycles. The van der Waals surface area contributed by atoms with Gasteiger partial charge in [-0.3, -0.25) is 14.4 Å². The molecule has 4 rings (SSSR count). The van der Waals surface area contributed by atoms with E-state index < -0.39 is 0 Å². The predicted octanol–water partition coefficient (Wildman–Crippen LogP) is 0.497.